The summed E-state index contributed by atoms with van der Waals surface area (Å²) in [6.45, 7) is 7.43. The fraction of sp³-hybridized carbons (Fsp3) is 0.643. The molecular formula is C14H21N3O2S. The van der Waals surface area contributed by atoms with E-state index < -0.39 is 6.04 Å². The van der Waals surface area contributed by atoms with Crippen molar-refractivity contribution in [1.82, 2.24) is 15.2 Å². The van der Waals surface area contributed by atoms with Crippen molar-refractivity contribution in [2.24, 2.45) is 0 Å². The van der Waals surface area contributed by atoms with Crippen molar-refractivity contribution >= 4 is 23.2 Å². The van der Waals surface area contributed by atoms with Crippen LogP contribution in [0.1, 0.15) is 54.2 Å². The van der Waals surface area contributed by atoms with Crippen LogP contribution in [0.15, 0.2) is 6.20 Å². The molecule has 2 heterocycles. The van der Waals surface area contributed by atoms with E-state index in [1.807, 2.05) is 18.7 Å². The molecule has 1 aromatic heterocycles. The summed E-state index contributed by atoms with van der Waals surface area (Å²) < 4.78 is 0. The van der Waals surface area contributed by atoms with Crippen molar-refractivity contribution in [1.29, 1.82) is 0 Å². The molecule has 1 atom stereocenters. The fourth-order valence-corrected chi connectivity index (χ4v) is 3.02. The Balaban J connectivity index is 1.94. The summed E-state index contributed by atoms with van der Waals surface area (Å²) in [6.07, 6.45) is 3.69. The van der Waals surface area contributed by atoms with E-state index in [1.165, 1.54) is 11.3 Å². The van der Waals surface area contributed by atoms with Gasteiger partial charge in [-0.2, -0.15) is 0 Å². The molecule has 1 aliphatic heterocycles. The number of nitrogens with one attached hydrogen (secondary N) is 1. The number of likely N-dealkylation sites (tertiary alicyclic amines) is 1. The van der Waals surface area contributed by atoms with E-state index in [0.29, 0.717) is 10.8 Å². The highest BCUT2D eigenvalue weighted by molar-refractivity contribution is 7.13. The largest absolute Gasteiger partial charge is 0.341 e. The molecule has 0 aliphatic carbocycles. The summed E-state index contributed by atoms with van der Waals surface area (Å²) in [5.41, 5.74) is 0. The maximum atomic E-state index is 12.1. The molecule has 2 rings (SSSR count). The van der Waals surface area contributed by atoms with Crippen LogP contribution in [0.2, 0.25) is 0 Å². The summed E-state index contributed by atoms with van der Waals surface area (Å²) in [5.74, 6) is 0.101. The number of aromatic nitrogens is 1. The van der Waals surface area contributed by atoms with E-state index in [0.717, 1.165) is 30.9 Å². The molecule has 6 heteroatoms. The van der Waals surface area contributed by atoms with E-state index in [9.17, 15) is 9.59 Å². The molecule has 1 aromatic rings. The van der Waals surface area contributed by atoms with Crippen LogP contribution in [0.25, 0.3) is 0 Å². The minimum atomic E-state index is -0.481. The van der Waals surface area contributed by atoms with E-state index in [2.05, 4.69) is 10.3 Å². The monoisotopic (exact) mass is 295 g/mol. The van der Waals surface area contributed by atoms with Gasteiger partial charge in [0.2, 0.25) is 5.91 Å². The van der Waals surface area contributed by atoms with Crippen LogP contribution >= 0.6 is 11.3 Å². The van der Waals surface area contributed by atoms with Crippen LogP contribution in [0, 0.1) is 0 Å². The smallest absolute Gasteiger partial charge is 0.263 e. The number of thiazole rings is 1. The van der Waals surface area contributed by atoms with Gasteiger partial charge in [-0.05, 0) is 19.8 Å². The average Bonchev–Trinajstić information content (AvgIpc) is 3.08. The number of rotatable bonds is 4. The molecule has 1 aliphatic rings. The van der Waals surface area contributed by atoms with Gasteiger partial charge < -0.3 is 10.2 Å². The fourth-order valence-electron chi connectivity index (χ4n) is 2.20. The lowest BCUT2D eigenvalue weighted by Gasteiger charge is -2.20. The second-order valence-electron chi connectivity index (χ2n) is 5.44. The third-order valence-electron chi connectivity index (χ3n) is 3.38. The number of hydrogen-bond acceptors (Lipinski definition) is 4. The van der Waals surface area contributed by atoms with Gasteiger partial charge in [-0.15, -0.1) is 11.3 Å². The van der Waals surface area contributed by atoms with Gasteiger partial charge in [-0.1, -0.05) is 13.8 Å². The summed E-state index contributed by atoms with van der Waals surface area (Å²) in [5, 5.41) is 3.70. The van der Waals surface area contributed by atoms with Gasteiger partial charge >= 0.3 is 0 Å². The summed E-state index contributed by atoms with van der Waals surface area (Å²) in [4.78, 5) is 30.8. The maximum Gasteiger partial charge on any atom is 0.263 e. The van der Waals surface area contributed by atoms with E-state index >= 15 is 0 Å². The molecule has 0 bridgehead atoms. The predicted octanol–water partition coefficient (Wildman–Crippen LogP) is 2.01. The first-order valence-corrected chi connectivity index (χ1v) is 7.86. The standard InChI is InChI=1S/C14H21N3O2S/c1-9(2)13-15-8-11(20-13)12(18)16-10(3)14(19)17-6-4-5-7-17/h8-10H,4-7H2,1-3H3,(H,16,18)/t10-/m0/s1. The van der Waals surface area contributed by atoms with Gasteiger partial charge in [0.05, 0.1) is 11.2 Å². The minimum Gasteiger partial charge on any atom is -0.341 e. The second-order valence-corrected chi connectivity index (χ2v) is 6.51. The number of nitrogens with zero attached hydrogens (tertiary/aromatic N) is 2. The zero-order valence-electron chi connectivity index (χ0n) is 12.2. The van der Waals surface area contributed by atoms with Crippen molar-refractivity contribution in [2.45, 2.75) is 45.6 Å². The second kappa shape index (κ2) is 6.35. The third kappa shape index (κ3) is 3.36. The Morgan fingerprint density at radius 2 is 1.95 bits per heavy atom. The Hall–Kier alpha value is -1.43. The molecule has 1 saturated heterocycles. The summed E-state index contributed by atoms with van der Waals surface area (Å²) >= 11 is 1.39. The molecule has 5 nitrogen and oxygen atoms in total. The zero-order chi connectivity index (χ0) is 14.7. The van der Waals surface area contributed by atoms with Crippen molar-refractivity contribution in [3.8, 4) is 0 Å². The molecule has 0 spiro atoms. The van der Waals surface area contributed by atoms with E-state index in [-0.39, 0.29) is 11.8 Å². The van der Waals surface area contributed by atoms with E-state index in [4.69, 9.17) is 0 Å². The molecule has 0 aromatic carbocycles. The number of amides is 2. The molecule has 1 N–H and O–H groups in total. The lowest BCUT2D eigenvalue weighted by atomic mass is 10.2. The highest BCUT2D eigenvalue weighted by Gasteiger charge is 2.25. The van der Waals surface area contributed by atoms with Gasteiger partial charge in [0.25, 0.3) is 5.91 Å². The van der Waals surface area contributed by atoms with Gasteiger partial charge in [-0.3, -0.25) is 9.59 Å². The SMILES string of the molecule is CC(C)c1ncc(C(=O)N[C@@H](C)C(=O)N2CCCC2)s1. The lowest BCUT2D eigenvalue weighted by Crippen LogP contribution is -2.45. The Morgan fingerprint density at radius 1 is 1.30 bits per heavy atom. The molecule has 0 radical (unpaired) electrons. The normalized spacial score (nSPS) is 16.5. The van der Waals surface area contributed by atoms with Gasteiger partial charge in [0, 0.05) is 19.0 Å². The molecular weight excluding hydrogens is 274 g/mol. The molecule has 1 fully saturated rings. The summed E-state index contributed by atoms with van der Waals surface area (Å²) in [6, 6.07) is -0.481. The van der Waals surface area contributed by atoms with Crippen molar-refractivity contribution in [2.75, 3.05) is 13.1 Å². The highest BCUT2D eigenvalue weighted by atomic mass is 32.1. The average molecular weight is 295 g/mol. The Labute approximate surface area is 123 Å². The molecule has 20 heavy (non-hydrogen) atoms. The van der Waals surface area contributed by atoms with Crippen LogP contribution in [-0.2, 0) is 4.79 Å². The molecule has 2 amide bonds. The third-order valence-corrected chi connectivity index (χ3v) is 4.67. The van der Waals surface area contributed by atoms with Crippen LogP contribution in [0.3, 0.4) is 0 Å². The number of carbonyl (C=O) groups excluding carboxylic acids is 2. The summed E-state index contributed by atoms with van der Waals surface area (Å²) in [7, 11) is 0. The Bertz CT molecular complexity index is 492. The zero-order valence-corrected chi connectivity index (χ0v) is 13.0. The van der Waals surface area contributed by atoms with Gasteiger partial charge in [-0.25, -0.2) is 4.98 Å². The topological polar surface area (TPSA) is 62.3 Å². The highest BCUT2D eigenvalue weighted by Crippen LogP contribution is 2.21. The quantitative estimate of drug-likeness (QED) is 0.924. The molecule has 0 unspecified atom stereocenters. The van der Waals surface area contributed by atoms with E-state index in [1.54, 1.807) is 13.1 Å². The molecule has 0 saturated carbocycles. The first-order chi connectivity index (χ1) is 9.49. The van der Waals surface area contributed by atoms with Crippen LogP contribution < -0.4 is 5.32 Å². The Kier molecular flexibility index (Phi) is 4.75. The lowest BCUT2D eigenvalue weighted by molar-refractivity contribution is -0.131. The predicted molar refractivity (Wildman–Crippen MR) is 78.9 cm³/mol. The first kappa shape index (κ1) is 15.0. The Morgan fingerprint density at radius 3 is 2.50 bits per heavy atom. The van der Waals surface area contributed by atoms with Gasteiger partial charge in [0.1, 0.15) is 10.9 Å². The van der Waals surface area contributed by atoms with Crippen LogP contribution in [0.5, 0.6) is 0 Å². The number of hydrogen-bond donors (Lipinski definition) is 1. The van der Waals surface area contributed by atoms with Crippen LogP contribution in [-0.4, -0.2) is 40.8 Å². The van der Waals surface area contributed by atoms with Crippen molar-refractivity contribution in [3.05, 3.63) is 16.1 Å². The van der Waals surface area contributed by atoms with Crippen molar-refractivity contribution in [3.63, 3.8) is 0 Å². The first-order valence-electron chi connectivity index (χ1n) is 7.04. The number of carbonyl (C=O) groups is 2. The molecule has 110 valence electrons. The van der Waals surface area contributed by atoms with Gasteiger partial charge in [0.15, 0.2) is 0 Å². The minimum absolute atomic E-state index is 0.00412. The maximum absolute atomic E-state index is 12.1. The van der Waals surface area contributed by atoms with Crippen molar-refractivity contribution < 1.29 is 9.59 Å². The van der Waals surface area contributed by atoms with Crippen LogP contribution in [0.4, 0.5) is 0 Å².